The molecule has 1 N–H and O–H groups in total. The van der Waals surface area contributed by atoms with Gasteiger partial charge in [-0.25, -0.2) is 0 Å². The minimum atomic E-state index is 0. The van der Waals surface area contributed by atoms with Crippen LogP contribution in [0.5, 0.6) is 0 Å². The van der Waals surface area contributed by atoms with Gasteiger partial charge in [-0.3, -0.25) is 9.78 Å². The van der Waals surface area contributed by atoms with Gasteiger partial charge in [0, 0.05) is 36.9 Å². The van der Waals surface area contributed by atoms with Crippen LogP contribution in [0.4, 0.5) is 0 Å². The molecule has 1 saturated heterocycles. The maximum Gasteiger partial charge on any atom is 0.233 e. The van der Waals surface area contributed by atoms with Crippen LogP contribution in [0.25, 0.3) is 0 Å². The molecule has 0 bridgehead atoms. The number of nitrogens with one attached hydrogen (secondary N) is 1. The smallest absolute Gasteiger partial charge is 0.233 e. The van der Waals surface area contributed by atoms with Gasteiger partial charge in [0.1, 0.15) is 0 Å². The topological polar surface area (TPSA) is 45.2 Å². The van der Waals surface area contributed by atoms with Crippen LogP contribution < -0.4 is 5.32 Å². The monoisotopic (exact) mass is 405 g/mol. The van der Waals surface area contributed by atoms with E-state index in [1.807, 2.05) is 23.2 Å². The standard InChI is InChI=1S/C21H27N3OS.ClH/c1-21(2,3)17-6-8-18(9-7-17)26-15-20(25)24-12-11-23-14-19(24)16-5-4-10-22-13-16;/h4-10,13,19,23H,11-12,14-15H2,1-3H3;1H. The third kappa shape index (κ3) is 5.71. The van der Waals surface area contributed by atoms with Gasteiger partial charge in [-0.15, -0.1) is 24.2 Å². The number of benzene rings is 1. The number of amides is 1. The number of piperazine rings is 1. The molecule has 6 heteroatoms. The van der Waals surface area contributed by atoms with E-state index in [0.717, 1.165) is 30.1 Å². The molecule has 1 aromatic heterocycles. The molecule has 146 valence electrons. The van der Waals surface area contributed by atoms with Crippen molar-refractivity contribution in [2.45, 2.75) is 37.1 Å². The normalized spacial score (nSPS) is 17.3. The van der Waals surface area contributed by atoms with Crippen molar-refractivity contribution in [3.8, 4) is 0 Å². The SMILES string of the molecule is CC(C)(C)c1ccc(SCC(=O)N2CCNCC2c2cccnc2)cc1.Cl. The first kappa shape index (κ1) is 21.7. The Bertz CT molecular complexity index is 731. The fourth-order valence-corrected chi connectivity index (χ4v) is 3.94. The Kier molecular flexibility index (Phi) is 7.71. The fourth-order valence-electron chi connectivity index (χ4n) is 3.15. The second kappa shape index (κ2) is 9.58. The van der Waals surface area contributed by atoms with Crippen LogP contribution in [0.1, 0.15) is 37.9 Å². The third-order valence-electron chi connectivity index (χ3n) is 4.72. The maximum atomic E-state index is 12.8. The Balaban J connectivity index is 0.00000261. The Labute approximate surface area is 172 Å². The van der Waals surface area contributed by atoms with Crippen molar-refractivity contribution < 1.29 is 4.79 Å². The summed E-state index contributed by atoms with van der Waals surface area (Å²) in [7, 11) is 0. The van der Waals surface area contributed by atoms with E-state index < -0.39 is 0 Å². The summed E-state index contributed by atoms with van der Waals surface area (Å²) >= 11 is 1.61. The van der Waals surface area contributed by atoms with Crippen LogP contribution in [0, 0.1) is 0 Å². The molecule has 2 heterocycles. The number of halogens is 1. The molecule has 0 spiro atoms. The van der Waals surface area contributed by atoms with Gasteiger partial charge in [0.05, 0.1) is 11.8 Å². The Hall–Kier alpha value is -1.56. The lowest BCUT2D eigenvalue weighted by atomic mass is 9.87. The lowest BCUT2D eigenvalue weighted by Crippen LogP contribution is -2.49. The Morgan fingerprint density at radius 1 is 1.26 bits per heavy atom. The molecule has 1 amide bonds. The minimum Gasteiger partial charge on any atom is -0.332 e. The Morgan fingerprint density at radius 3 is 2.63 bits per heavy atom. The number of thioether (sulfide) groups is 1. The lowest BCUT2D eigenvalue weighted by Gasteiger charge is -2.36. The molecule has 4 nitrogen and oxygen atoms in total. The zero-order chi connectivity index (χ0) is 18.6. The molecule has 1 aliphatic rings. The highest BCUT2D eigenvalue weighted by molar-refractivity contribution is 8.00. The van der Waals surface area contributed by atoms with E-state index in [4.69, 9.17) is 0 Å². The third-order valence-corrected chi connectivity index (χ3v) is 5.71. The van der Waals surface area contributed by atoms with Crippen molar-refractivity contribution in [1.29, 1.82) is 0 Å². The molecule has 0 saturated carbocycles. The molecular weight excluding hydrogens is 378 g/mol. The van der Waals surface area contributed by atoms with Crippen LogP contribution in [0.15, 0.2) is 53.7 Å². The van der Waals surface area contributed by atoms with Crippen LogP contribution >= 0.6 is 24.2 Å². The number of pyridine rings is 1. The van der Waals surface area contributed by atoms with Gasteiger partial charge >= 0.3 is 0 Å². The maximum absolute atomic E-state index is 12.8. The molecule has 1 aliphatic heterocycles. The van der Waals surface area contributed by atoms with Crippen molar-refractivity contribution in [3.63, 3.8) is 0 Å². The molecule has 1 atom stereocenters. The zero-order valence-electron chi connectivity index (χ0n) is 16.1. The highest BCUT2D eigenvalue weighted by Gasteiger charge is 2.27. The molecule has 1 aromatic carbocycles. The minimum absolute atomic E-state index is 0. The van der Waals surface area contributed by atoms with Crippen molar-refractivity contribution in [3.05, 3.63) is 59.9 Å². The van der Waals surface area contributed by atoms with Crippen LogP contribution in [-0.4, -0.2) is 41.2 Å². The molecule has 27 heavy (non-hydrogen) atoms. The number of aromatic nitrogens is 1. The lowest BCUT2D eigenvalue weighted by molar-refractivity contribution is -0.131. The average molecular weight is 406 g/mol. The fraction of sp³-hybridized carbons (Fsp3) is 0.429. The molecule has 1 unspecified atom stereocenters. The van der Waals surface area contributed by atoms with E-state index >= 15 is 0 Å². The summed E-state index contributed by atoms with van der Waals surface area (Å²) < 4.78 is 0. The molecule has 1 fully saturated rings. The molecular formula is C21H28ClN3OS. The van der Waals surface area contributed by atoms with Crippen molar-refractivity contribution in [1.82, 2.24) is 15.2 Å². The number of nitrogens with zero attached hydrogens (tertiary/aromatic N) is 2. The largest absolute Gasteiger partial charge is 0.332 e. The van der Waals surface area contributed by atoms with Gasteiger partial charge in [0.15, 0.2) is 0 Å². The predicted molar refractivity (Wildman–Crippen MR) is 115 cm³/mol. The summed E-state index contributed by atoms with van der Waals surface area (Å²) in [5, 5.41) is 3.38. The van der Waals surface area contributed by atoms with Gasteiger partial charge in [0.2, 0.25) is 5.91 Å². The van der Waals surface area contributed by atoms with E-state index in [1.54, 1.807) is 18.0 Å². The van der Waals surface area contributed by atoms with Crippen molar-refractivity contribution >= 4 is 30.1 Å². The number of hydrogen-bond donors (Lipinski definition) is 1. The summed E-state index contributed by atoms with van der Waals surface area (Å²) in [4.78, 5) is 20.2. The summed E-state index contributed by atoms with van der Waals surface area (Å²) in [5.41, 5.74) is 2.55. The van der Waals surface area contributed by atoms with E-state index in [9.17, 15) is 4.79 Å². The van der Waals surface area contributed by atoms with Gasteiger partial charge < -0.3 is 10.2 Å². The highest BCUT2D eigenvalue weighted by atomic mass is 35.5. The molecule has 0 radical (unpaired) electrons. The molecule has 3 rings (SSSR count). The molecule has 2 aromatic rings. The second-order valence-electron chi connectivity index (χ2n) is 7.66. The number of carbonyl (C=O) groups is 1. The Morgan fingerprint density at radius 2 is 2.00 bits per heavy atom. The summed E-state index contributed by atoms with van der Waals surface area (Å²) in [6.45, 7) is 8.99. The van der Waals surface area contributed by atoms with Crippen LogP contribution in [-0.2, 0) is 10.2 Å². The van der Waals surface area contributed by atoms with Crippen LogP contribution in [0.2, 0.25) is 0 Å². The first-order valence-corrected chi connectivity index (χ1v) is 10.1. The number of carbonyl (C=O) groups excluding carboxylic acids is 1. The first-order valence-electron chi connectivity index (χ1n) is 9.08. The quantitative estimate of drug-likeness (QED) is 0.779. The van der Waals surface area contributed by atoms with Crippen molar-refractivity contribution in [2.24, 2.45) is 0 Å². The second-order valence-corrected chi connectivity index (χ2v) is 8.71. The van der Waals surface area contributed by atoms with E-state index in [2.05, 4.69) is 55.3 Å². The van der Waals surface area contributed by atoms with Crippen LogP contribution in [0.3, 0.4) is 0 Å². The summed E-state index contributed by atoms with van der Waals surface area (Å²) in [6.07, 6.45) is 3.62. The van der Waals surface area contributed by atoms with Gasteiger partial charge in [0.25, 0.3) is 0 Å². The highest BCUT2D eigenvalue weighted by Crippen LogP contribution is 2.27. The first-order chi connectivity index (χ1) is 12.4. The summed E-state index contributed by atoms with van der Waals surface area (Å²) in [6, 6.07) is 12.6. The van der Waals surface area contributed by atoms with Gasteiger partial charge in [-0.2, -0.15) is 0 Å². The predicted octanol–water partition coefficient (Wildman–Crippen LogP) is 4.07. The van der Waals surface area contributed by atoms with E-state index in [0.29, 0.717) is 5.75 Å². The van der Waals surface area contributed by atoms with Crippen molar-refractivity contribution in [2.75, 3.05) is 25.4 Å². The van der Waals surface area contributed by atoms with Gasteiger partial charge in [-0.1, -0.05) is 39.0 Å². The number of rotatable bonds is 4. The van der Waals surface area contributed by atoms with E-state index in [-0.39, 0.29) is 29.8 Å². The average Bonchev–Trinajstić information content (AvgIpc) is 2.66. The summed E-state index contributed by atoms with van der Waals surface area (Å²) in [5.74, 6) is 0.649. The van der Waals surface area contributed by atoms with Gasteiger partial charge in [-0.05, 0) is 34.7 Å². The zero-order valence-corrected chi connectivity index (χ0v) is 17.8. The molecule has 0 aliphatic carbocycles. The van der Waals surface area contributed by atoms with E-state index in [1.165, 1.54) is 5.56 Å². The number of hydrogen-bond acceptors (Lipinski definition) is 4.